The number of para-hydroxylation sites is 1. The Morgan fingerprint density at radius 3 is 2.64 bits per heavy atom. The highest BCUT2D eigenvalue weighted by Crippen LogP contribution is 2.45. The highest BCUT2D eigenvalue weighted by atomic mass is 16.5. The fraction of sp³-hybridized carbons (Fsp3) is 0.208. The summed E-state index contributed by atoms with van der Waals surface area (Å²) in [6, 6.07) is 15.4. The van der Waals surface area contributed by atoms with Gasteiger partial charge in [0.1, 0.15) is 5.82 Å². The minimum atomic E-state index is -0.266. The normalized spacial score (nSPS) is 15.0. The zero-order valence-electron chi connectivity index (χ0n) is 18.4. The molecule has 0 radical (unpaired) electrons. The highest BCUT2D eigenvalue weighted by molar-refractivity contribution is 5.95. The average Bonchev–Trinajstić information content (AvgIpc) is 3.19. The molecule has 5 rings (SSSR count). The van der Waals surface area contributed by atoms with E-state index in [4.69, 9.17) is 9.47 Å². The van der Waals surface area contributed by atoms with Gasteiger partial charge in [0.15, 0.2) is 11.5 Å². The third kappa shape index (κ3) is 3.57. The molecule has 1 unspecified atom stereocenters. The van der Waals surface area contributed by atoms with E-state index in [0.29, 0.717) is 23.0 Å². The van der Waals surface area contributed by atoms with Gasteiger partial charge in [-0.3, -0.25) is 4.79 Å². The number of hydrogen-bond donors (Lipinski definition) is 1. The molecular weight excluding hydrogens is 420 g/mol. The van der Waals surface area contributed by atoms with Crippen molar-refractivity contribution in [1.29, 1.82) is 0 Å². The number of nitrogens with zero attached hydrogens (tertiary/aromatic N) is 5. The van der Waals surface area contributed by atoms with Crippen LogP contribution in [0.2, 0.25) is 0 Å². The summed E-state index contributed by atoms with van der Waals surface area (Å²) < 4.78 is 12.7. The second-order valence-electron chi connectivity index (χ2n) is 7.65. The maximum absolute atomic E-state index is 12.8. The Hall–Kier alpha value is -4.27. The molecule has 1 atom stereocenters. The van der Waals surface area contributed by atoms with E-state index in [0.717, 1.165) is 22.4 Å². The molecule has 1 aliphatic heterocycles. The molecule has 0 saturated carbocycles. The molecule has 2 aromatic heterocycles. The maximum atomic E-state index is 12.8. The summed E-state index contributed by atoms with van der Waals surface area (Å²) in [5.74, 6) is 1.62. The van der Waals surface area contributed by atoms with Gasteiger partial charge in [-0.2, -0.15) is 14.9 Å². The summed E-state index contributed by atoms with van der Waals surface area (Å²) >= 11 is 0. The fourth-order valence-corrected chi connectivity index (χ4v) is 4.28. The summed E-state index contributed by atoms with van der Waals surface area (Å²) in [7, 11) is 3.18. The van der Waals surface area contributed by atoms with E-state index in [1.54, 1.807) is 25.1 Å². The molecule has 0 saturated heterocycles. The van der Waals surface area contributed by atoms with Gasteiger partial charge in [0.05, 0.1) is 31.8 Å². The molecule has 0 bridgehead atoms. The standard InChI is InChI=1S/C24H22N6O3/c1-14-21-17(16-10-7-11-19(32-2)22(16)33-3)12-20(31)27-23(21)30(29-14)24-26-18(13-25-28-24)15-8-5-4-6-9-15/h4-11,13,17H,12H2,1-3H3,(H,27,31). The number of aromatic nitrogens is 5. The van der Waals surface area contributed by atoms with Crippen LogP contribution >= 0.6 is 0 Å². The van der Waals surface area contributed by atoms with Crippen LogP contribution in [0.4, 0.5) is 5.82 Å². The number of fused-ring (bicyclic) bond motifs is 1. The number of amides is 1. The van der Waals surface area contributed by atoms with Crippen molar-refractivity contribution in [2.24, 2.45) is 0 Å². The zero-order chi connectivity index (χ0) is 22.9. The Bertz CT molecular complexity index is 1340. The molecule has 4 aromatic rings. The minimum Gasteiger partial charge on any atom is -0.493 e. The number of nitrogens with one attached hydrogen (secondary N) is 1. The van der Waals surface area contributed by atoms with Crippen molar-refractivity contribution >= 4 is 11.7 Å². The summed E-state index contributed by atoms with van der Waals surface area (Å²) in [5.41, 5.74) is 4.07. The first-order valence-electron chi connectivity index (χ1n) is 10.5. The van der Waals surface area contributed by atoms with Crippen molar-refractivity contribution in [2.75, 3.05) is 19.5 Å². The van der Waals surface area contributed by atoms with Crippen molar-refractivity contribution in [2.45, 2.75) is 19.3 Å². The van der Waals surface area contributed by atoms with Crippen LogP contribution in [0.25, 0.3) is 17.2 Å². The molecule has 166 valence electrons. The van der Waals surface area contributed by atoms with E-state index >= 15 is 0 Å². The quantitative estimate of drug-likeness (QED) is 0.504. The Labute approximate surface area is 190 Å². The lowest BCUT2D eigenvalue weighted by atomic mass is 9.85. The molecule has 9 nitrogen and oxygen atoms in total. The number of benzene rings is 2. The van der Waals surface area contributed by atoms with Crippen LogP contribution in [0.3, 0.4) is 0 Å². The number of anilines is 1. The minimum absolute atomic E-state index is 0.134. The smallest absolute Gasteiger partial charge is 0.272 e. The Kier molecular flexibility index (Phi) is 5.21. The lowest BCUT2D eigenvalue weighted by Gasteiger charge is -2.26. The first-order valence-corrected chi connectivity index (χ1v) is 10.5. The zero-order valence-corrected chi connectivity index (χ0v) is 18.4. The maximum Gasteiger partial charge on any atom is 0.272 e. The first-order chi connectivity index (χ1) is 16.1. The molecular formula is C24H22N6O3. The molecule has 1 amide bonds. The van der Waals surface area contributed by atoms with Crippen LogP contribution < -0.4 is 14.8 Å². The van der Waals surface area contributed by atoms with E-state index in [9.17, 15) is 4.79 Å². The molecule has 1 N–H and O–H groups in total. The summed E-state index contributed by atoms with van der Waals surface area (Å²) in [4.78, 5) is 17.4. The first kappa shape index (κ1) is 20.6. The van der Waals surface area contributed by atoms with Gasteiger partial charge < -0.3 is 14.8 Å². The summed E-state index contributed by atoms with van der Waals surface area (Å²) in [6.45, 7) is 1.90. The number of aryl methyl sites for hydroxylation is 1. The van der Waals surface area contributed by atoms with Gasteiger partial charge in [-0.1, -0.05) is 42.5 Å². The van der Waals surface area contributed by atoms with Gasteiger partial charge in [-0.25, -0.2) is 4.98 Å². The van der Waals surface area contributed by atoms with Crippen LogP contribution in [0.5, 0.6) is 11.5 Å². The van der Waals surface area contributed by atoms with Crippen molar-refractivity contribution in [3.05, 3.63) is 71.5 Å². The fourth-order valence-electron chi connectivity index (χ4n) is 4.28. The SMILES string of the molecule is COc1cccc(C2CC(=O)Nc3c2c(C)nn3-c2nncc(-c3ccccc3)n2)c1OC. The van der Waals surface area contributed by atoms with Crippen molar-refractivity contribution in [3.8, 4) is 28.7 Å². The van der Waals surface area contributed by atoms with Crippen molar-refractivity contribution < 1.29 is 14.3 Å². The number of rotatable bonds is 5. The lowest BCUT2D eigenvalue weighted by Crippen LogP contribution is -2.25. The van der Waals surface area contributed by atoms with E-state index in [2.05, 4.69) is 25.6 Å². The van der Waals surface area contributed by atoms with Gasteiger partial charge in [-0.15, -0.1) is 5.10 Å². The second kappa shape index (κ2) is 8.34. The number of ether oxygens (including phenoxy) is 2. The van der Waals surface area contributed by atoms with E-state index in [-0.39, 0.29) is 24.2 Å². The largest absolute Gasteiger partial charge is 0.493 e. The Balaban J connectivity index is 1.64. The molecule has 9 heteroatoms. The Morgan fingerprint density at radius 2 is 1.88 bits per heavy atom. The third-order valence-electron chi connectivity index (χ3n) is 5.72. The molecule has 1 aliphatic rings. The lowest BCUT2D eigenvalue weighted by molar-refractivity contribution is -0.116. The van der Waals surface area contributed by atoms with Gasteiger partial charge in [0.2, 0.25) is 5.91 Å². The van der Waals surface area contributed by atoms with E-state index in [1.807, 2.05) is 55.5 Å². The topological polar surface area (TPSA) is 104 Å². The predicted molar refractivity (Wildman–Crippen MR) is 122 cm³/mol. The van der Waals surface area contributed by atoms with Gasteiger partial charge in [0.25, 0.3) is 5.95 Å². The van der Waals surface area contributed by atoms with Crippen LogP contribution in [0.1, 0.15) is 29.2 Å². The van der Waals surface area contributed by atoms with Crippen LogP contribution in [0.15, 0.2) is 54.7 Å². The molecule has 3 heterocycles. The van der Waals surface area contributed by atoms with E-state index in [1.165, 1.54) is 0 Å². The Morgan fingerprint density at radius 1 is 1.06 bits per heavy atom. The molecule has 2 aromatic carbocycles. The molecule has 33 heavy (non-hydrogen) atoms. The third-order valence-corrected chi connectivity index (χ3v) is 5.72. The van der Waals surface area contributed by atoms with Crippen molar-refractivity contribution in [1.82, 2.24) is 25.0 Å². The van der Waals surface area contributed by atoms with Crippen molar-refractivity contribution in [3.63, 3.8) is 0 Å². The van der Waals surface area contributed by atoms with Crippen LogP contribution in [-0.2, 0) is 4.79 Å². The highest BCUT2D eigenvalue weighted by Gasteiger charge is 2.35. The number of methoxy groups -OCH3 is 2. The molecule has 0 spiro atoms. The number of hydrogen-bond acceptors (Lipinski definition) is 7. The van der Waals surface area contributed by atoms with E-state index < -0.39 is 0 Å². The van der Waals surface area contributed by atoms with Crippen LogP contribution in [0, 0.1) is 6.92 Å². The van der Waals surface area contributed by atoms with Gasteiger partial charge in [0, 0.05) is 29.0 Å². The van der Waals surface area contributed by atoms with Gasteiger partial charge in [-0.05, 0) is 13.0 Å². The number of carbonyl (C=O) groups is 1. The second-order valence-corrected chi connectivity index (χ2v) is 7.65. The number of carbonyl (C=O) groups excluding carboxylic acids is 1. The molecule has 0 fully saturated rings. The summed E-state index contributed by atoms with van der Waals surface area (Å²) in [6.07, 6.45) is 1.86. The average molecular weight is 442 g/mol. The molecule has 0 aliphatic carbocycles. The predicted octanol–water partition coefficient (Wildman–Crippen LogP) is 3.52. The van der Waals surface area contributed by atoms with Gasteiger partial charge >= 0.3 is 0 Å². The monoisotopic (exact) mass is 442 g/mol. The van der Waals surface area contributed by atoms with Crippen LogP contribution in [-0.4, -0.2) is 45.1 Å². The summed E-state index contributed by atoms with van der Waals surface area (Å²) in [5, 5.41) is 15.9.